The molecule has 0 saturated carbocycles. The number of benzene rings is 1. The zero-order valence-electron chi connectivity index (χ0n) is 15.5. The van der Waals surface area contributed by atoms with E-state index < -0.39 is 0 Å². The van der Waals surface area contributed by atoms with Gasteiger partial charge in [-0.05, 0) is 52.0 Å². The van der Waals surface area contributed by atoms with E-state index in [9.17, 15) is 9.18 Å². The van der Waals surface area contributed by atoms with Crippen molar-refractivity contribution in [2.24, 2.45) is 0 Å². The molecule has 3 rings (SSSR count). The SMILES string of the molecule is CCn1c(S[C@H](C)C(=O)Nc2nc(C)c(C)s2)nnc1-c1ccc(F)cc1. The Morgan fingerprint density at radius 1 is 1.30 bits per heavy atom. The lowest BCUT2D eigenvalue weighted by Gasteiger charge is -2.11. The molecule has 2 aromatic heterocycles. The average molecular weight is 406 g/mol. The van der Waals surface area contributed by atoms with Gasteiger partial charge in [0.2, 0.25) is 5.91 Å². The number of anilines is 1. The number of aromatic nitrogens is 4. The molecule has 1 atom stereocenters. The summed E-state index contributed by atoms with van der Waals surface area (Å²) in [5, 5.41) is 12.2. The Kier molecular flexibility index (Phi) is 5.91. The number of halogens is 1. The number of carbonyl (C=O) groups is 1. The Morgan fingerprint density at radius 3 is 2.59 bits per heavy atom. The molecule has 0 spiro atoms. The van der Waals surface area contributed by atoms with Crippen LogP contribution in [0, 0.1) is 19.7 Å². The van der Waals surface area contributed by atoms with Gasteiger partial charge in [-0.2, -0.15) is 0 Å². The van der Waals surface area contributed by atoms with E-state index in [1.807, 2.05) is 32.3 Å². The van der Waals surface area contributed by atoms with Gasteiger partial charge in [-0.3, -0.25) is 4.79 Å². The summed E-state index contributed by atoms with van der Waals surface area (Å²) in [6.07, 6.45) is 0. The van der Waals surface area contributed by atoms with Crippen LogP contribution in [0.5, 0.6) is 0 Å². The zero-order chi connectivity index (χ0) is 19.6. The van der Waals surface area contributed by atoms with Gasteiger partial charge in [-0.25, -0.2) is 9.37 Å². The minimum atomic E-state index is -0.370. The third-order valence-corrected chi connectivity index (χ3v) is 6.11. The largest absolute Gasteiger partial charge is 0.302 e. The predicted molar refractivity (Wildman–Crippen MR) is 107 cm³/mol. The minimum Gasteiger partial charge on any atom is -0.302 e. The second-order valence-corrected chi connectivity index (χ2v) is 8.48. The van der Waals surface area contributed by atoms with Crippen molar-refractivity contribution < 1.29 is 9.18 Å². The molecule has 0 radical (unpaired) electrons. The lowest BCUT2D eigenvalue weighted by Crippen LogP contribution is -2.22. The van der Waals surface area contributed by atoms with E-state index >= 15 is 0 Å². The standard InChI is InChI=1S/C18H20FN5OS2/c1-5-24-15(13-6-8-14(19)9-7-13)22-23-18(24)27-12(4)16(25)21-17-20-10(2)11(3)26-17/h6-9,12H,5H2,1-4H3,(H,20,21,25)/t12-/m1/s1. The number of amides is 1. The summed E-state index contributed by atoms with van der Waals surface area (Å²) in [5.74, 6) is 0.218. The van der Waals surface area contributed by atoms with Gasteiger partial charge < -0.3 is 9.88 Å². The van der Waals surface area contributed by atoms with Crippen LogP contribution < -0.4 is 5.32 Å². The summed E-state index contributed by atoms with van der Waals surface area (Å²) in [6.45, 7) is 8.33. The van der Waals surface area contributed by atoms with Gasteiger partial charge in [0.05, 0.1) is 10.9 Å². The second-order valence-electron chi connectivity index (χ2n) is 5.97. The van der Waals surface area contributed by atoms with E-state index in [1.54, 1.807) is 12.1 Å². The first-order chi connectivity index (χ1) is 12.9. The van der Waals surface area contributed by atoms with Crippen molar-refractivity contribution in [2.45, 2.75) is 44.6 Å². The number of hydrogen-bond donors (Lipinski definition) is 1. The first kappa shape index (κ1) is 19.5. The molecule has 142 valence electrons. The Balaban J connectivity index is 1.74. The molecule has 6 nitrogen and oxygen atoms in total. The predicted octanol–water partition coefficient (Wildman–Crippen LogP) is 4.30. The second kappa shape index (κ2) is 8.18. The van der Waals surface area contributed by atoms with Crippen molar-refractivity contribution in [3.8, 4) is 11.4 Å². The fourth-order valence-corrected chi connectivity index (χ4v) is 4.15. The lowest BCUT2D eigenvalue weighted by atomic mass is 10.2. The number of rotatable bonds is 6. The number of nitrogens with one attached hydrogen (secondary N) is 1. The molecule has 0 aliphatic heterocycles. The number of thioether (sulfide) groups is 1. The van der Waals surface area contributed by atoms with Crippen LogP contribution in [-0.4, -0.2) is 30.9 Å². The summed E-state index contributed by atoms with van der Waals surface area (Å²) >= 11 is 2.79. The molecule has 1 amide bonds. The fraction of sp³-hybridized carbons (Fsp3) is 0.333. The topological polar surface area (TPSA) is 72.7 Å². The molecule has 0 unspecified atom stereocenters. The highest BCUT2D eigenvalue weighted by Gasteiger charge is 2.21. The highest BCUT2D eigenvalue weighted by molar-refractivity contribution is 8.00. The highest BCUT2D eigenvalue weighted by atomic mass is 32.2. The van der Waals surface area contributed by atoms with Crippen LogP contribution in [0.2, 0.25) is 0 Å². The summed E-state index contributed by atoms with van der Waals surface area (Å²) in [5.41, 5.74) is 1.70. The van der Waals surface area contributed by atoms with Gasteiger partial charge in [0.1, 0.15) is 5.82 Å². The molecule has 1 N–H and O–H groups in total. The summed E-state index contributed by atoms with van der Waals surface area (Å²) in [7, 11) is 0. The van der Waals surface area contributed by atoms with Gasteiger partial charge in [0, 0.05) is 17.0 Å². The van der Waals surface area contributed by atoms with Crippen LogP contribution in [0.25, 0.3) is 11.4 Å². The first-order valence-corrected chi connectivity index (χ1v) is 10.2. The number of aryl methyl sites for hydroxylation is 2. The molecule has 3 aromatic rings. The van der Waals surface area contributed by atoms with Crippen LogP contribution in [-0.2, 0) is 11.3 Å². The Bertz CT molecular complexity index is 932. The molecular formula is C18H20FN5OS2. The number of nitrogens with zero attached hydrogens (tertiary/aromatic N) is 4. The third-order valence-electron chi connectivity index (χ3n) is 4.05. The van der Waals surface area contributed by atoms with Gasteiger partial charge in [0.15, 0.2) is 16.1 Å². The normalized spacial score (nSPS) is 12.2. The smallest absolute Gasteiger partial charge is 0.239 e. The molecule has 0 aliphatic carbocycles. The monoisotopic (exact) mass is 405 g/mol. The molecule has 1 aromatic carbocycles. The summed E-state index contributed by atoms with van der Waals surface area (Å²) in [4.78, 5) is 17.9. The van der Waals surface area contributed by atoms with Crippen LogP contribution in [0.15, 0.2) is 29.4 Å². The van der Waals surface area contributed by atoms with E-state index in [-0.39, 0.29) is 17.0 Å². The Labute approximate surface area is 165 Å². The van der Waals surface area contributed by atoms with Crippen molar-refractivity contribution in [3.05, 3.63) is 40.7 Å². The van der Waals surface area contributed by atoms with Crippen LogP contribution in [0.4, 0.5) is 9.52 Å². The molecule has 27 heavy (non-hydrogen) atoms. The van der Waals surface area contributed by atoms with Crippen LogP contribution in [0.3, 0.4) is 0 Å². The van der Waals surface area contributed by atoms with E-state index in [2.05, 4.69) is 20.5 Å². The van der Waals surface area contributed by atoms with Gasteiger partial charge in [0.25, 0.3) is 0 Å². The quantitative estimate of drug-likeness (QED) is 0.619. The number of hydrogen-bond acceptors (Lipinski definition) is 6. The van der Waals surface area contributed by atoms with E-state index in [1.165, 1.54) is 35.2 Å². The number of thiazole rings is 1. The average Bonchev–Trinajstić information content (AvgIpc) is 3.18. The Morgan fingerprint density at radius 2 is 2.00 bits per heavy atom. The molecule has 9 heteroatoms. The van der Waals surface area contributed by atoms with Crippen molar-refractivity contribution in [1.82, 2.24) is 19.7 Å². The van der Waals surface area contributed by atoms with E-state index in [0.717, 1.165) is 16.1 Å². The van der Waals surface area contributed by atoms with Crippen molar-refractivity contribution in [3.63, 3.8) is 0 Å². The van der Waals surface area contributed by atoms with Crippen molar-refractivity contribution >= 4 is 34.1 Å². The molecule has 0 bridgehead atoms. The Hall–Kier alpha value is -2.26. The van der Waals surface area contributed by atoms with Crippen LogP contribution >= 0.6 is 23.1 Å². The van der Waals surface area contributed by atoms with Crippen LogP contribution in [0.1, 0.15) is 24.4 Å². The lowest BCUT2D eigenvalue weighted by molar-refractivity contribution is -0.115. The molecule has 0 saturated heterocycles. The molecule has 2 heterocycles. The van der Waals surface area contributed by atoms with Crippen molar-refractivity contribution in [2.75, 3.05) is 5.32 Å². The maximum Gasteiger partial charge on any atom is 0.239 e. The van der Waals surface area contributed by atoms with Crippen molar-refractivity contribution in [1.29, 1.82) is 0 Å². The van der Waals surface area contributed by atoms with E-state index in [0.29, 0.717) is 22.7 Å². The molecule has 0 aliphatic rings. The number of carbonyl (C=O) groups excluding carboxylic acids is 1. The first-order valence-electron chi connectivity index (χ1n) is 8.49. The molecular weight excluding hydrogens is 385 g/mol. The maximum atomic E-state index is 13.2. The van der Waals surface area contributed by atoms with Gasteiger partial charge >= 0.3 is 0 Å². The summed E-state index contributed by atoms with van der Waals surface area (Å²) in [6, 6.07) is 6.13. The fourth-order valence-electron chi connectivity index (χ4n) is 2.42. The summed E-state index contributed by atoms with van der Waals surface area (Å²) < 4.78 is 15.1. The molecule has 0 fully saturated rings. The minimum absolute atomic E-state index is 0.136. The highest BCUT2D eigenvalue weighted by Crippen LogP contribution is 2.28. The van der Waals surface area contributed by atoms with Gasteiger partial charge in [-0.1, -0.05) is 11.8 Å². The maximum absolute atomic E-state index is 13.2. The third kappa shape index (κ3) is 4.36. The van der Waals surface area contributed by atoms with Gasteiger partial charge in [-0.15, -0.1) is 21.5 Å². The zero-order valence-corrected chi connectivity index (χ0v) is 17.1. The van der Waals surface area contributed by atoms with E-state index in [4.69, 9.17) is 0 Å².